The molecule has 8 heteroatoms. The van der Waals surface area contributed by atoms with E-state index in [0.717, 1.165) is 6.20 Å². The van der Waals surface area contributed by atoms with E-state index in [1.165, 1.54) is 6.07 Å². The minimum absolute atomic E-state index is 0.0546. The Morgan fingerprint density at radius 2 is 2.47 bits per heavy atom. The van der Waals surface area contributed by atoms with Crippen LogP contribution >= 0.6 is 0 Å². The van der Waals surface area contributed by atoms with E-state index < -0.39 is 30.5 Å². The number of alkyl halides is 1. The normalized spacial score (nSPS) is 32.9. The van der Waals surface area contributed by atoms with E-state index in [1.54, 1.807) is 0 Å². The highest BCUT2D eigenvalue weighted by atomic mass is 19.2. The molecule has 1 saturated heterocycles. The van der Waals surface area contributed by atoms with Crippen molar-refractivity contribution in [3.05, 3.63) is 22.7 Å². The van der Waals surface area contributed by atoms with Crippen molar-refractivity contribution >= 4 is 5.82 Å². The Balaban J connectivity index is 2.42. The van der Waals surface area contributed by atoms with E-state index in [0.29, 0.717) is 4.57 Å². The molecule has 3 atom stereocenters. The fourth-order valence-electron chi connectivity index (χ4n) is 1.73. The molecule has 2 heterocycles. The lowest BCUT2D eigenvalue weighted by Gasteiger charge is -2.24. The Morgan fingerprint density at radius 1 is 1.76 bits per heavy atom. The quantitative estimate of drug-likeness (QED) is 0.587. The predicted octanol–water partition coefficient (Wildman–Crippen LogP) is -1.45. The van der Waals surface area contributed by atoms with Crippen molar-refractivity contribution < 1.29 is 19.3 Å². The van der Waals surface area contributed by atoms with Gasteiger partial charge in [0.15, 0.2) is 0 Å². The highest BCUT2D eigenvalue weighted by Gasteiger charge is 2.51. The number of aromatic nitrogens is 2. The van der Waals surface area contributed by atoms with Gasteiger partial charge in [-0.05, 0) is 6.07 Å². The Hall–Kier alpha value is -1.51. The first-order valence-electron chi connectivity index (χ1n) is 4.98. The molecule has 2 rings (SSSR count). The van der Waals surface area contributed by atoms with Crippen molar-refractivity contribution in [3.8, 4) is 0 Å². The van der Waals surface area contributed by atoms with E-state index in [-0.39, 0.29) is 12.2 Å². The van der Waals surface area contributed by atoms with Crippen molar-refractivity contribution in [1.82, 2.24) is 9.55 Å². The number of aliphatic hydroxyl groups is 2. The average molecular weight is 245 g/mol. The van der Waals surface area contributed by atoms with Crippen molar-refractivity contribution in [2.75, 3.05) is 12.3 Å². The number of hydrogen-bond donors (Lipinski definition) is 3. The molecule has 4 N–H and O–H groups in total. The van der Waals surface area contributed by atoms with Crippen LogP contribution in [0.4, 0.5) is 10.2 Å². The third-order valence-electron chi connectivity index (χ3n) is 2.59. The molecule has 1 aromatic rings. The van der Waals surface area contributed by atoms with Crippen LogP contribution < -0.4 is 11.4 Å². The first-order chi connectivity index (χ1) is 7.97. The Labute approximate surface area is 95.3 Å². The van der Waals surface area contributed by atoms with Crippen LogP contribution in [0, 0.1) is 0 Å². The largest absolute Gasteiger partial charge is 0.394 e. The van der Waals surface area contributed by atoms with E-state index >= 15 is 0 Å². The molecule has 7 nitrogen and oxygen atoms in total. The number of ether oxygens (including phenoxy) is 1. The third-order valence-corrected chi connectivity index (χ3v) is 2.59. The second-order valence-electron chi connectivity index (χ2n) is 3.79. The number of nitrogens with zero attached hydrogens (tertiary/aromatic N) is 2. The first-order valence-corrected chi connectivity index (χ1v) is 4.98. The average Bonchev–Trinajstić information content (AvgIpc) is 2.55. The van der Waals surface area contributed by atoms with E-state index in [1.807, 2.05) is 0 Å². The zero-order valence-corrected chi connectivity index (χ0v) is 8.78. The topological polar surface area (TPSA) is 111 Å². The minimum atomic E-state index is -2.72. The molecule has 0 spiro atoms. The van der Waals surface area contributed by atoms with Gasteiger partial charge in [0.25, 0.3) is 0 Å². The van der Waals surface area contributed by atoms with E-state index in [4.69, 9.17) is 15.6 Å². The van der Waals surface area contributed by atoms with Gasteiger partial charge in [-0.15, -0.1) is 0 Å². The molecule has 1 aliphatic rings. The molecule has 1 fully saturated rings. The van der Waals surface area contributed by atoms with Crippen LogP contribution in [-0.2, 0) is 10.7 Å². The molecule has 0 aromatic carbocycles. The van der Waals surface area contributed by atoms with Crippen LogP contribution in [0.2, 0.25) is 0 Å². The van der Waals surface area contributed by atoms with Gasteiger partial charge in [0.2, 0.25) is 0 Å². The number of nitrogen functional groups attached to an aromatic ring is 1. The Kier molecular flexibility index (Phi) is 2.86. The number of nitrogens with two attached hydrogens (primary N) is 1. The minimum Gasteiger partial charge on any atom is -0.394 e. The monoisotopic (exact) mass is 245 g/mol. The summed E-state index contributed by atoms with van der Waals surface area (Å²) in [6.07, 6.45) is -1.47. The lowest BCUT2D eigenvalue weighted by molar-refractivity contribution is -0.239. The van der Waals surface area contributed by atoms with Crippen molar-refractivity contribution in [2.45, 2.75) is 24.6 Å². The fraction of sp³-hybridized carbons (Fsp3) is 0.556. The van der Waals surface area contributed by atoms with Crippen LogP contribution in [0.3, 0.4) is 0 Å². The maximum absolute atomic E-state index is 14.4. The molecular formula is C9H12FN3O4. The first kappa shape index (κ1) is 12.0. The van der Waals surface area contributed by atoms with Crippen molar-refractivity contribution in [3.63, 3.8) is 0 Å². The van der Waals surface area contributed by atoms with Gasteiger partial charge in [0, 0.05) is 12.6 Å². The molecule has 1 aliphatic heterocycles. The summed E-state index contributed by atoms with van der Waals surface area (Å²) in [6.45, 7) is -0.445. The summed E-state index contributed by atoms with van der Waals surface area (Å²) in [5, 5.41) is 18.4. The molecule has 1 aromatic heterocycles. The number of rotatable bonds is 2. The van der Waals surface area contributed by atoms with Gasteiger partial charge < -0.3 is 20.7 Å². The lowest BCUT2D eigenvalue weighted by atomic mass is 10.2. The summed E-state index contributed by atoms with van der Waals surface area (Å²) in [7, 11) is 0. The SMILES string of the molecule is Nc1ccn([C@]2(F)O[C@H](CO)C[C@H]2O)c(=O)n1. The molecule has 0 unspecified atom stereocenters. The maximum atomic E-state index is 14.4. The zero-order chi connectivity index (χ0) is 12.6. The molecule has 0 amide bonds. The lowest BCUT2D eigenvalue weighted by Crippen LogP contribution is -2.45. The second kappa shape index (κ2) is 4.06. The van der Waals surface area contributed by atoms with Gasteiger partial charge in [-0.1, -0.05) is 0 Å². The molecule has 0 radical (unpaired) electrons. The van der Waals surface area contributed by atoms with Gasteiger partial charge in [-0.25, -0.2) is 9.36 Å². The van der Waals surface area contributed by atoms with Gasteiger partial charge in [-0.2, -0.15) is 9.37 Å². The van der Waals surface area contributed by atoms with Crippen molar-refractivity contribution in [2.24, 2.45) is 0 Å². The molecule has 94 valence electrons. The van der Waals surface area contributed by atoms with Crippen molar-refractivity contribution in [1.29, 1.82) is 0 Å². The number of halogens is 1. The van der Waals surface area contributed by atoms with Crippen LogP contribution in [0.5, 0.6) is 0 Å². The Morgan fingerprint density at radius 3 is 3.00 bits per heavy atom. The smallest absolute Gasteiger partial charge is 0.354 e. The van der Waals surface area contributed by atoms with Crippen LogP contribution in [-0.4, -0.2) is 38.6 Å². The third kappa shape index (κ3) is 1.90. The molecule has 0 aliphatic carbocycles. The maximum Gasteiger partial charge on any atom is 0.354 e. The summed E-state index contributed by atoms with van der Waals surface area (Å²) in [5.74, 6) is -2.77. The number of aliphatic hydroxyl groups excluding tert-OH is 2. The number of hydrogen-bond acceptors (Lipinski definition) is 6. The second-order valence-corrected chi connectivity index (χ2v) is 3.79. The Bertz CT molecular complexity index is 480. The summed E-state index contributed by atoms with van der Waals surface area (Å²) >= 11 is 0. The zero-order valence-electron chi connectivity index (χ0n) is 8.78. The summed E-state index contributed by atoms with van der Waals surface area (Å²) in [5.41, 5.74) is 4.30. The van der Waals surface area contributed by atoms with Gasteiger partial charge in [-0.3, -0.25) is 0 Å². The summed E-state index contributed by atoms with van der Waals surface area (Å²) < 4.78 is 19.7. The summed E-state index contributed by atoms with van der Waals surface area (Å²) in [6, 6.07) is 1.21. The van der Waals surface area contributed by atoms with E-state index in [2.05, 4.69) is 4.98 Å². The molecule has 0 bridgehead atoms. The fourth-order valence-corrected chi connectivity index (χ4v) is 1.73. The summed E-state index contributed by atoms with van der Waals surface area (Å²) in [4.78, 5) is 14.8. The van der Waals surface area contributed by atoms with Crippen LogP contribution in [0.15, 0.2) is 17.1 Å². The molecule has 17 heavy (non-hydrogen) atoms. The van der Waals surface area contributed by atoms with Crippen LogP contribution in [0.25, 0.3) is 0 Å². The highest BCUT2D eigenvalue weighted by molar-refractivity contribution is 5.23. The standard InChI is InChI=1S/C9H12FN3O4/c10-9(6(15)3-5(4-14)17-9)13-2-1-7(11)12-8(13)16/h1-2,5-6,14-15H,3-4H2,(H2,11,12,16)/t5-,6+,9-/m0/s1. The number of anilines is 1. The molecule has 0 saturated carbocycles. The predicted molar refractivity (Wildman–Crippen MR) is 54.6 cm³/mol. The molecular weight excluding hydrogens is 233 g/mol. The van der Waals surface area contributed by atoms with Crippen LogP contribution in [0.1, 0.15) is 6.42 Å². The van der Waals surface area contributed by atoms with Gasteiger partial charge in [0.05, 0.1) is 12.7 Å². The van der Waals surface area contributed by atoms with Gasteiger partial charge in [0.1, 0.15) is 11.9 Å². The van der Waals surface area contributed by atoms with E-state index in [9.17, 15) is 14.3 Å². The highest BCUT2D eigenvalue weighted by Crippen LogP contribution is 2.35. The van der Waals surface area contributed by atoms with Gasteiger partial charge >= 0.3 is 11.7 Å².